The summed E-state index contributed by atoms with van der Waals surface area (Å²) in [5.74, 6) is -1.62. The molecule has 0 unspecified atom stereocenters. The molecule has 1 aliphatic heterocycles. The Morgan fingerprint density at radius 1 is 1.04 bits per heavy atom. The van der Waals surface area contributed by atoms with Crippen molar-refractivity contribution >= 4 is 73.8 Å². The molecule has 0 aliphatic carbocycles. The lowest BCUT2D eigenvalue weighted by molar-refractivity contribution is -0.135. The molecule has 1 aromatic heterocycles. The van der Waals surface area contributed by atoms with Gasteiger partial charge < -0.3 is 0 Å². The fraction of sp³-hybridized carbons (Fsp3) is 0.0526. The van der Waals surface area contributed by atoms with Crippen LogP contribution in [0.15, 0.2) is 54.6 Å². The maximum atomic E-state index is 12.8. The van der Waals surface area contributed by atoms with Gasteiger partial charge in [0.2, 0.25) is 11.0 Å². The highest BCUT2D eigenvalue weighted by Crippen LogP contribution is 2.35. The normalized spacial score (nSPS) is 14.7. The molecule has 2 aromatic carbocycles. The van der Waals surface area contributed by atoms with Crippen LogP contribution >= 0.6 is 35.2 Å². The lowest BCUT2D eigenvalue weighted by Gasteiger charge is -2.34. The van der Waals surface area contributed by atoms with Gasteiger partial charge in [-0.25, -0.2) is 0 Å². The highest BCUT2D eigenvalue weighted by molar-refractivity contribution is 7.80. The van der Waals surface area contributed by atoms with Gasteiger partial charge in [0.1, 0.15) is 11.3 Å². The zero-order chi connectivity index (χ0) is 19.8. The summed E-state index contributed by atoms with van der Waals surface area (Å²) < 4.78 is 0.853. The molecule has 0 radical (unpaired) electrons. The molecule has 0 spiro atoms. The molecule has 3 amide bonds. The van der Waals surface area contributed by atoms with Crippen molar-refractivity contribution in [3.05, 3.63) is 64.5 Å². The molecule has 3 aromatic rings. The summed E-state index contributed by atoms with van der Waals surface area (Å²) in [4.78, 5) is 39.0. The van der Waals surface area contributed by atoms with Crippen LogP contribution in [0.25, 0.3) is 10.1 Å². The van der Waals surface area contributed by atoms with Crippen LogP contribution in [-0.2, 0) is 9.59 Å². The summed E-state index contributed by atoms with van der Waals surface area (Å²) in [6.07, 6.45) is -0.407. The van der Waals surface area contributed by atoms with Gasteiger partial charge in [-0.3, -0.25) is 24.7 Å². The summed E-state index contributed by atoms with van der Waals surface area (Å²) in [5.41, 5.74) is 3.01. The van der Waals surface area contributed by atoms with E-state index in [4.69, 9.17) is 23.8 Å². The average Bonchev–Trinajstić information content (AvgIpc) is 3.03. The predicted octanol–water partition coefficient (Wildman–Crippen LogP) is 3.75. The van der Waals surface area contributed by atoms with Crippen molar-refractivity contribution in [2.24, 2.45) is 0 Å². The van der Waals surface area contributed by atoms with Gasteiger partial charge in [-0.2, -0.15) is 5.01 Å². The van der Waals surface area contributed by atoms with Gasteiger partial charge in [0.15, 0.2) is 0 Å². The molecular formula is C19H12ClN3O3S2. The van der Waals surface area contributed by atoms with Crippen molar-refractivity contribution in [1.29, 1.82) is 0 Å². The monoisotopic (exact) mass is 429 g/mol. The lowest BCUT2D eigenvalue weighted by atomic mass is 10.2. The molecule has 140 valence electrons. The number of amides is 3. The Bertz CT molecular complexity index is 1130. The van der Waals surface area contributed by atoms with Gasteiger partial charge in [-0.15, -0.1) is 11.3 Å². The van der Waals surface area contributed by atoms with Gasteiger partial charge in [0.05, 0.1) is 10.7 Å². The third-order valence-corrected chi connectivity index (χ3v) is 6.19. The fourth-order valence-corrected chi connectivity index (χ4v) is 4.62. The molecular weight excluding hydrogens is 418 g/mol. The third kappa shape index (κ3) is 3.15. The van der Waals surface area contributed by atoms with Crippen LogP contribution in [0.5, 0.6) is 0 Å². The summed E-state index contributed by atoms with van der Waals surface area (Å²) in [5, 5.41) is 1.88. The van der Waals surface area contributed by atoms with Crippen LogP contribution < -0.4 is 10.3 Å². The minimum Gasteiger partial charge on any atom is -0.273 e. The van der Waals surface area contributed by atoms with Crippen molar-refractivity contribution in [1.82, 2.24) is 10.4 Å². The third-order valence-electron chi connectivity index (χ3n) is 4.15. The van der Waals surface area contributed by atoms with E-state index in [2.05, 4.69) is 5.43 Å². The second kappa shape index (κ2) is 7.31. The number of halogens is 1. The summed E-state index contributed by atoms with van der Waals surface area (Å²) in [6.45, 7) is 0. The Balaban J connectivity index is 1.63. The first-order valence-corrected chi connectivity index (χ1v) is 9.80. The van der Waals surface area contributed by atoms with E-state index in [-0.39, 0.29) is 9.99 Å². The molecule has 2 heterocycles. The number of rotatable bonds is 3. The lowest BCUT2D eigenvalue weighted by Crippen LogP contribution is -2.61. The largest absolute Gasteiger partial charge is 0.281 e. The van der Waals surface area contributed by atoms with Crippen LogP contribution in [0.3, 0.4) is 0 Å². The molecule has 0 atom stereocenters. The molecule has 1 fully saturated rings. The van der Waals surface area contributed by atoms with Crippen molar-refractivity contribution in [3.8, 4) is 0 Å². The zero-order valence-corrected chi connectivity index (χ0v) is 16.6. The van der Waals surface area contributed by atoms with Crippen LogP contribution in [0.2, 0.25) is 5.02 Å². The number of para-hydroxylation sites is 1. The van der Waals surface area contributed by atoms with E-state index in [1.54, 1.807) is 30.3 Å². The highest BCUT2D eigenvalue weighted by atomic mass is 35.5. The number of carbonyl (C=O) groups excluding carboxylic acids is 3. The number of anilines is 1. The summed E-state index contributed by atoms with van der Waals surface area (Å²) in [7, 11) is 0. The number of hydrogen-bond acceptors (Lipinski definition) is 5. The molecule has 6 nitrogen and oxygen atoms in total. The number of hydrazine groups is 1. The number of fused-ring (bicyclic) bond motifs is 1. The standard InChI is InChI=1S/C19H12ClN3O3S2/c20-16-12-8-4-5-9-13(12)28-17(16)18(26)21-23-15(25)10-14(24)22(19(23)27)11-6-2-1-3-7-11/h1-9H,10H2,(H,21,26). The molecule has 9 heteroatoms. The van der Waals surface area contributed by atoms with E-state index in [1.807, 2.05) is 24.3 Å². The molecule has 1 N–H and O–H groups in total. The molecule has 28 heavy (non-hydrogen) atoms. The van der Waals surface area contributed by atoms with E-state index >= 15 is 0 Å². The molecule has 0 bridgehead atoms. The van der Waals surface area contributed by atoms with E-state index in [1.165, 1.54) is 16.2 Å². The van der Waals surface area contributed by atoms with Gasteiger partial charge in [-0.05, 0) is 30.4 Å². The van der Waals surface area contributed by atoms with Crippen molar-refractivity contribution < 1.29 is 14.4 Å². The van der Waals surface area contributed by atoms with Gasteiger partial charge in [0.25, 0.3) is 11.8 Å². The molecule has 1 saturated heterocycles. The second-order valence-electron chi connectivity index (χ2n) is 5.94. The highest BCUT2D eigenvalue weighted by Gasteiger charge is 2.37. The number of hydrogen-bond donors (Lipinski definition) is 1. The maximum Gasteiger partial charge on any atom is 0.281 e. The van der Waals surface area contributed by atoms with Crippen LogP contribution in [0.4, 0.5) is 5.69 Å². The number of thiophene rings is 1. The van der Waals surface area contributed by atoms with Gasteiger partial charge >= 0.3 is 0 Å². The van der Waals surface area contributed by atoms with E-state index < -0.39 is 24.1 Å². The SMILES string of the molecule is O=C(NN1C(=O)CC(=O)N(c2ccccc2)C1=S)c1sc2ccccc2c1Cl. The quantitative estimate of drug-likeness (QED) is 0.508. The first kappa shape index (κ1) is 18.5. The second-order valence-corrected chi connectivity index (χ2v) is 7.73. The van der Waals surface area contributed by atoms with E-state index in [0.717, 1.165) is 15.1 Å². The minimum absolute atomic E-state index is 0.113. The van der Waals surface area contributed by atoms with E-state index in [0.29, 0.717) is 10.7 Å². The summed E-state index contributed by atoms with van der Waals surface area (Å²) >= 11 is 12.9. The van der Waals surface area contributed by atoms with Crippen LogP contribution in [-0.4, -0.2) is 27.8 Å². The number of nitrogens with one attached hydrogen (secondary N) is 1. The first-order chi connectivity index (χ1) is 13.5. The topological polar surface area (TPSA) is 69.7 Å². The smallest absolute Gasteiger partial charge is 0.273 e. The fourth-order valence-electron chi connectivity index (χ4n) is 2.85. The van der Waals surface area contributed by atoms with Gasteiger partial charge in [0, 0.05) is 10.1 Å². The minimum atomic E-state index is -0.604. The van der Waals surface area contributed by atoms with Gasteiger partial charge in [-0.1, -0.05) is 48.0 Å². The van der Waals surface area contributed by atoms with E-state index in [9.17, 15) is 14.4 Å². The van der Waals surface area contributed by atoms with Crippen molar-refractivity contribution in [2.45, 2.75) is 6.42 Å². The number of carbonyl (C=O) groups is 3. The predicted molar refractivity (Wildman–Crippen MR) is 112 cm³/mol. The van der Waals surface area contributed by atoms with Crippen LogP contribution in [0.1, 0.15) is 16.1 Å². The molecule has 4 rings (SSSR count). The maximum absolute atomic E-state index is 12.8. The van der Waals surface area contributed by atoms with Crippen LogP contribution in [0, 0.1) is 0 Å². The number of thiocarbonyl (C=S) groups is 1. The summed E-state index contributed by atoms with van der Waals surface area (Å²) in [6, 6.07) is 16.1. The van der Waals surface area contributed by atoms with Crippen molar-refractivity contribution in [3.63, 3.8) is 0 Å². The first-order valence-electron chi connectivity index (χ1n) is 8.20. The number of benzene rings is 2. The average molecular weight is 430 g/mol. The zero-order valence-electron chi connectivity index (χ0n) is 14.2. The Labute approximate surface area is 174 Å². The molecule has 0 saturated carbocycles. The molecule has 1 aliphatic rings. The van der Waals surface area contributed by atoms with Crippen molar-refractivity contribution in [2.75, 3.05) is 4.90 Å². The number of nitrogens with zero attached hydrogens (tertiary/aromatic N) is 2. The Morgan fingerprint density at radius 2 is 1.71 bits per heavy atom. The Morgan fingerprint density at radius 3 is 2.43 bits per heavy atom. The Hall–Kier alpha value is -2.81. The Kier molecular flexibility index (Phi) is 4.84.